The lowest BCUT2D eigenvalue weighted by atomic mass is 9.96. The summed E-state index contributed by atoms with van der Waals surface area (Å²) in [7, 11) is 0. The number of rotatable bonds is 3. The van der Waals surface area contributed by atoms with Crippen molar-refractivity contribution in [2.45, 2.75) is 58.5 Å². The van der Waals surface area contributed by atoms with E-state index in [1.165, 1.54) is 16.7 Å². The Bertz CT molecular complexity index is 585. The molecule has 1 fully saturated rings. The summed E-state index contributed by atoms with van der Waals surface area (Å²) in [5, 5.41) is 3.80. The first kappa shape index (κ1) is 16.3. The molecule has 0 aromatic heterocycles. The molecular formula is C19H28N2O2. The maximum atomic E-state index is 11.9. The van der Waals surface area contributed by atoms with E-state index in [2.05, 4.69) is 31.3 Å². The minimum atomic E-state index is 0.269. The average molecular weight is 316 g/mol. The normalized spacial score (nSPS) is 24.0. The molecule has 1 N–H and O–H groups in total. The topological polar surface area (TPSA) is 41.6 Å². The van der Waals surface area contributed by atoms with Gasteiger partial charge < -0.3 is 15.0 Å². The minimum Gasteiger partial charge on any atom is -0.493 e. The Morgan fingerprint density at radius 3 is 2.96 bits per heavy atom. The smallest absolute Gasteiger partial charge is 0.222 e. The predicted octanol–water partition coefficient (Wildman–Crippen LogP) is 3.12. The van der Waals surface area contributed by atoms with Crippen molar-refractivity contribution < 1.29 is 9.53 Å². The average Bonchev–Trinajstić information content (AvgIpc) is 2.90. The predicted molar refractivity (Wildman–Crippen MR) is 91.8 cm³/mol. The van der Waals surface area contributed by atoms with Crippen molar-refractivity contribution in [3.8, 4) is 5.75 Å². The van der Waals surface area contributed by atoms with Crippen LogP contribution in [0.25, 0.3) is 0 Å². The zero-order chi connectivity index (χ0) is 16.4. The van der Waals surface area contributed by atoms with E-state index < -0.39 is 0 Å². The van der Waals surface area contributed by atoms with Gasteiger partial charge in [-0.2, -0.15) is 0 Å². The largest absolute Gasteiger partial charge is 0.493 e. The molecule has 0 spiro atoms. The number of nitrogens with one attached hydrogen (secondary N) is 1. The summed E-state index contributed by atoms with van der Waals surface area (Å²) in [6, 6.07) is 5.17. The molecule has 1 aromatic carbocycles. The van der Waals surface area contributed by atoms with E-state index in [9.17, 15) is 4.79 Å². The van der Waals surface area contributed by atoms with Gasteiger partial charge in [-0.1, -0.05) is 24.6 Å². The lowest BCUT2D eigenvalue weighted by molar-refractivity contribution is -0.129. The highest BCUT2D eigenvalue weighted by molar-refractivity contribution is 5.76. The second-order valence-corrected chi connectivity index (χ2v) is 6.89. The van der Waals surface area contributed by atoms with Crippen LogP contribution in [-0.4, -0.2) is 36.5 Å². The quantitative estimate of drug-likeness (QED) is 0.931. The van der Waals surface area contributed by atoms with Crippen molar-refractivity contribution in [1.29, 1.82) is 0 Å². The summed E-state index contributed by atoms with van der Waals surface area (Å²) in [6.07, 6.45) is 3.80. The third kappa shape index (κ3) is 3.52. The summed E-state index contributed by atoms with van der Waals surface area (Å²) >= 11 is 0. The van der Waals surface area contributed by atoms with Gasteiger partial charge in [0.15, 0.2) is 0 Å². The molecule has 3 rings (SSSR count). The van der Waals surface area contributed by atoms with Gasteiger partial charge >= 0.3 is 0 Å². The molecule has 0 saturated carbocycles. The number of carbonyl (C=O) groups is 1. The first-order valence-electron chi connectivity index (χ1n) is 8.86. The van der Waals surface area contributed by atoms with E-state index in [1.807, 2.05) is 11.8 Å². The number of hydrogen-bond acceptors (Lipinski definition) is 3. The molecule has 2 aliphatic heterocycles. The third-order valence-electron chi connectivity index (χ3n) is 4.99. The van der Waals surface area contributed by atoms with Crippen molar-refractivity contribution in [2.24, 2.45) is 0 Å². The van der Waals surface area contributed by atoms with E-state index in [0.717, 1.165) is 44.7 Å². The second-order valence-electron chi connectivity index (χ2n) is 6.89. The molecule has 4 nitrogen and oxygen atoms in total. The number of amides is 1. The minimum absolute atomic E-state index is 0.269. The Hall–Kier alpha value is -1.55. The van der Waals surface area contributed by atoms with Crippen LogP contribution in [-0.2, 0) is 4.79 Å². The summed E-state index contributed by atoms with van der Waals surface area (Å²) in [5.41, 5.74) is 3.80. The van der Waals surface area contributed by atoms with Crippen LogP contribution in [0.3, 0.4) is 0 Å². The maximum absolute atomic E-state index is 11.9. The molecule has 0 aliphatic carbocycles. The van der Waals surface area contributed by atoms with Crippen LogP contribution in [0.1, 0.15) is 55.3 Å². The second kappa shape index (κ2) is 6.91. The van der Waals surface area contributed by atoms with Gasteiger partial charge in [-0.3, -0.25) is 4.79 Å². The third-order valence-corrected chi connectivity index (χ3v) is 4.99. The molecule has 4 heteroatoms. The van der Waals surface area contributed by atoms with E-state index in [1.54, 1.807) is 0 Å². The van der Waals surface area contributed by atoms with Gasteiger partial charge in [-0.15, -0.1) is 0 Å². The number of aryl methyl sites for hydroxylation is 2. The van der Waals surface area contributed by atoms with Crippen LogP contribution in [0.5, 0.6) is 5.75 Å². The SMILES string of the molecule is CCC(=O)N1CCC(NC2CCCOc3c(C)cc(C)cc32)C1. The fraction of sp³-hybridized carbons (Fsp3) is 0.632. The zero-order valence-electron chi connectivity index (χ0n) is 14.5. The highest BCUT2D eigenvalue weighted by Gasteiger charge is 2.29. The van der Waals surface area contributed by atoms with Gasteiger partial charge in [0, 0.05) is 37.2 Å². The van der Waals surface area contributed by atoms with Crippen molar-refractivity contribution in [3.63, 3.8) is 0 Å². The molecule has 23 heavy (non-hydrogen) atoms. The van der Waals surface area contributed by atoms with Crippen LogP contribution < -0.4 is 10.1 Å². The van der Waals surface area contributed by atoms with Crippen molar-refractivity contribution in [2.75, 3.05) is 19.7 Å². The van der Waals surface area contributed by atoms with Crippen LogP contribution in [0.4, 0.5) is 0 Å². The summed E-state index contributed by atoms with van der Waals surface area (Å²) in [4.78, 5) is 13.9. The van der Waals surface area contributed by atoms with Gasteiger partial charge in [0.1, 0.15) is 5.75 Å². The van der Waals surface area contributed by atoms with Gasteiger partial charge in [-0.25, -0.2) is 0 Å². The van der Waals surface area contributed by atoms with E-state index >= 15 is 0 Å². The highest BCUT2D eigenvalue weighted by atomic mass is 16.5. The summed E-state index contributed by atoms with van der Waals surface area (Å²) in [5.74, 6) is 1.33. The molecule has 2 heterocycles. The number of likely N-dealkylation sites (tertiary alicyclic amines) is 1. The van der Waals surface area contributed by atoms with Gasteiger partial charge in [0.25, 0.3) is 0 Å². The summed E-state index contributed by atoms with van der Waals surface area (Å²) in [6.45, 7) is 8.73. The van der Waals surface area contributed by atoms with Gasteiger partial charge in [-0.05, 0) is 38.7 Å². The Morgan fingerprint density at radius 2 is 2.17 bits per heavy atom. The van der Waals surface area contributed by atoms with Crippen LogP contribution in [0, 0.1) is 13.8 Å². The number of nitrogens with zero attached hydrogens (tertiary/aromatic N) is 1. The van der Waals surface area contributed by atoms with Crippen molar-refractivity contribution in [1.82, 2.24) is 10.2 Å². The van der Waals surface area contributed by atoms with Gasteiger partial charge in [0.05, 0.1) is 6.61 Å². The van der Waals surface area contributed by atoms with Crippen LogP contribution >= 0.6 is 0 Å². The monoisotopic (exact) mass is 316 g/mol. The number of carbonyl (C=O) groups excluding carboxylic acids is 1. The first-order valence-corrected chi connectivity index (χ1v) is 8.86. The molecule has 0 radical (unpaired) electrons. The van der Waals surface area contributed by atoms with Crippen LogP contribution in [0.2, 0.25) is 0 Å². The van der Waals surface area contributed by atoms with E-state index in [-0.39, 0.29) is 5.91 Å². The van der Waals surface area contributed by atoms with Crippen molar-refractivity contribution in [3.05, 3.63) is 28.8 Å². The van der Waals surface area contributed by atoms with E-state index in [0.29, 0.717) is 18.5 Å². The van der Waals surface area contributed by atoms with Crippen molar-refractivity contribution >= 4 is 5.91 Å². The molecule has 0 bridgehead atoms. The van der Waals surface area contributed by atoms with Crippen LogP contribution in [0.15, 0.2) is 12.1 Å². The van der Waals surface area contributed by atoms with Gasteiger partial charge in [0.2, 0.25) is 5.91 Å². The molecule has 2 aliphatic rings. The Kier molecular flexibility index (Phi) is 4.90. The highest BCUT2D eigenvalue weighted by Crippen LogP contribution is 2.35. The number of ether oxygens (including phenoxy) is 1. The zero-order valence-corrected chi connectivity index (χ0v) is 14.5. The fourth-order valence-electron chi connectivity index (χ4n) is 3.86. The fourth-order valence-corrected chi connectivity index (χ4v) is 3.86. The Balaban J connectivity index is 1.75. The number of benzene rings is 1. The molecule has 1 amide bonds. The molecule has 126 valence electrons. The number of fused-ring (bicyclic) bond motifs is 1. The standard InChI is InChI=1S/C19H28N2O2/c1-4-18(22)21-8-7-15(12-21)20-17-6-5-9-23-19-14(3)10-13(2)11-16(17)19/h10-11,15,17,20H,4-9,12H2,1-3H3. The number of hydrogen-bond donors (Lipinski definition) is 1. The summed E-state index contributed by atoms with van der Waals surface area (Å²) < 4.78 is 6.00. The lowest BCUT2D eigenvalue weighted by Crippen LogP contribution is -2.37. The molecular weight excluding hydrogens is 288 g/mol. The first-order chi connectivity index (χ1) is 11.1. The Morgan fingerprint density at radius 1 is 1.35 bits per heavy atom. The lowest BCUT2D eigenvalue weighted by Gasteiger charge is -2.24. The molecule has 1 saturated heterocycles. The molecule has 1 aromatic rings. The van der Waals surface area contributed by atoms with E-state index in [4.69, 9.17) is 4.74 Å². The Labute approximate surface area is 139 Å². The maximum Gasteiger partial charge on any atom is 0.222 e. The molecule has 2 atom stereocenters. The molecule has 2 unspecified atom stereocenters.